The highest BCUT2D eigenvalue weighted by molar-refractivity contribution is 6.06. The molecular weight excluding hydrogens is 528 g/mol. The zero-order valence-corrected chi connectivity index (χ0v) is 23.5. The number of urea groups is 1. The first-order valence-corrected chi connectivity index (χ1v) is 14.1. The maximum Gasteiger partial charge on any atom is 0.334 e. The minimum Gasteiger partial charge on any atom is -0.388 e. The molecule has 0 bridgehead atoms. The molecule has 0 spiro atoms. The van der Waals surface area contributed by atoms with Crippen LogP contribution in [0.15, 0.2) is 121 Å². The molecule has 6 atom stereocenters. The Balaban J connectivity index is 1.60. The van der Waals surface area contributed by atoms with Crippen molar-refractivity contribution in [3.8, 4) is 0 Å². The van der Waals surface area contributed by atoms with Crippen LogP contribution in [0, 0.1) is 11.8 Å². The summed E-state index contributed by atoms with van der Waals surface area (Å²) in [6.07, 6.45) is -2.33. The van der Waals surface area contributed by atoms with Gasteiger partial charge < -0.3 is 10.2 Å². The number of carbonyl (C=O) groups excluding carboxylic acids is 3. The van der Waals surface area contributed by atoms with E-state index in [9.17, 15) is 24.6 Å². The summed E-state index contributed by atoms with van der Waals surface area (Å²) in [4.78, 5) is 44.9. The molecule has 7 heteroatoms. The molecule has 1 saturated heterocycles. The van der Waals surface area contributed by atoms with E-state index in [0.29, 0.717) is 22.3 Å². The average molecular weight is 563 g/mol. The lowest BCUT2D eigenvalue weighted by Crippen LogP contribution is -2.44. The topological polar surface area (TPSA) is 98.2 Å². The maximum absolute atomic E-state index is 14.3. The van der Waals surface area contributed by atoms with Crippen LogP contribution in [-0.2, 0) is 9.59 Å². The largest absolute Gasteiger partial charge is 0.388 e. The van der Waals surface area contributed by atoms with Gasteiger partial charge in [-0.15, -0.1) is 0 Å². The second-order valence-corrected chi connectivity index (χ2v) is 10.7. The molecule has 4 amide bonds. The fraction of sp³-hybridized carbons (Fsp3) is 0.229. The lowest BCUT2D eigenvalue weighted by molar-refractivity contribution is -0.137. The molecule has 0 aromatic heterocycles. The summed E-state index contributed by atoms with van der Waals surface area (Å²) in [5.74, 6) is -3.17. The molecule has 42 heavy (non-hydrogen) atoms. The van der Waals surface area contributed by atoms with Gasteiger partial charge in [-0.3, -0.25) is 19.4 Å². The van der Waals surface area contributed by atoms with Crippen molar-refractivity contribution in [3.63, 3.8) is 0 Å². The normalized spacial score (nSPS) is 19.7. The highest BCUT2D eigenvalue weighted by Crippen LogP contribution is 2.47. The van der Waals surface area contributed by atoms with E-state index >= 15 is 0 Å². The number of rotatable bonds is 8. The highest BCUT2D eigenvalue weighted by Gasteiger charge is 2.54. The molecule has 214 valence electrons. The van der Waals surface area contributed by atoms with Crippen LogP contribution in [-0.4, -0.2) is 37.9 Å². The van der Waals surface area contributed by atoms with E-state index in [1.807, 2.05) is 72.8 Å². The third kappa shape index (κ3) is 5.49. The molecule has 1 fully saturated rings. The van der Waals surface area contributed by atoms with Gasteiger partial charge in [0.25, 0.3) is 0 Å². The van der Waals surface area contributed by atoms with Gasteiger partial charge in [-0.2, -0.15) is 0 Å². The average Bonchev–Trinajstić information content (AvgIpc) is 3.36. The Kier molecular flexibility index (Phi) is 8.61. The molecule has 0 saturated carbocycles. The fourth-order valence-electron chi connectivity index (χ4n) is 5.65. The molecule has 1 aliphatic rings. The van der Waals surface area contributed by atoms with Crippen LogP contribution in [0.2, 0.25) is 0 Å². The van der Waals surface area contributed by atoms with Crippen molar-refractivity contribution in [2.45, 2.75) is 38.1 Å². The summed E-state index contributed by atoms with van der Waals surface area (Å²) in [7, 11) is 0. The van der Waals surface area contributed by atoms with E-state index in [1.54, 1.807) is 62.4 Å². The Labute approximate surface area is 245 Å². The monoisotopic (exact) mass is 562 g/mol. The summed E-state index contributed by atoms with van der Waals surface area (Å²) in [5.41, 5.74) is 2.43. The van der Waals surface area contributed by atoms with Crippen molar-refractivity contribution in [2.24, 2.45) is 11.8 Å². The maximum atomic E-state index is 14.3. The fourth-order valence-corrected chi connectivity index (χ4v) is 5.65. The van der Waals surface area contributed by atoms with Gasteiger partial charge in [0.1, 0.15) is 0 Å². The molecule has 0 aliphatic carbocycles. The van der Waals surface area contributed by atoms with Crippen molar-refractivity contribution in [1.82, 2.24) is 9.80 Å². The zero-order chi connectivity index (χ0) is 29.8. The quantitative estimate of drug-likeness (QED) is 0.275. The molecule has 1 aliphatic heterocycles. The van der Waals surface area contributed by atoms with E-state index < -0.39 is 54.0 Å². The van der Waals surface area contributed by atoms with E-state index in [0.717, 1.165) is 9.80 Å². The van der Waals surface area contributed by atoms with Gasteiger partial charge in [0.15, 0.2) is 0 Å². The second kappa shape index (κ2) is 12.5. The molecule has 0 radical (unpaired) electrons. The lowest BCUT2D eigenvalue weighted by atomic mass is 9.90. The predicted molar refractivity (Wildman–Crippen MR) is 159 cm³/mol. The van der Waals surface area contributed by atoms with E-state index in [1.165, 1.54) is 0 Å². The second-order valence-electron chi connectivity index (χ2n) is 10.7. The van der Waals surface area contributed by atoms with Crippen molar-refractivity contribution in [1.29, 1.82) is 0 Å². The van der Waals surface area contributed by atoms with Crippen LogP contribution in [0.5, 0.6) is 0 Å². The number of aliphatic hydroxyl groups is 2. The Morgan fingerprint density at radius 1 is 0.548 bits per heavy atom. The number of nitrogens with zero attached hydrogens (tertiary/aromatic N) is 2. The zero-order valence-electron chi connectivity index (χ0n) is 23.5. The summed E-state index contributed by atoms with van der Waals surface area (Å²) < 4.78 is 0. The molecule has 2 N–H and O–H groups in total. The predicted octanol–water partition coefficient (Wildman–Crippen LogP) is 6.00. The Morgan fingerprint density at radius 3 is 1.14 bits per heavy atom. The molecular formula is C35H34N2O5. The standard InChI is InChI=1S/C35H34N2O5/c1-23(31(38)27-19-11-5-12-20-27)33(40)36-29(25-15-7-3-8-16-25)30(26-17-9-4-10-18-26)37(35(36)42)34(41)24(2)32(39)28-21-13-6-14-22-28/h3-24,29-32,38-39H,1-2H3/t23-,24-,29-,30-,31-,32+/m1/s1. The molecule has 4 aromatic rings. The number of imide groups is 2. The van der Waals surface area contributed by atoms with Gasteiger partial charge >= 0.3 is 6.03 Å². The first-order chi connectivity index (χ1) is 20.3. The summed E-state index contributed by atoms with van der Waals surface area (Å²) in [5, 5.41) is 22.3. The van der Waals surface area contributed by atoms with E-state index in [2.05, 4.69) is 0 Å². The van der Waals surface area contributed by atoms with Crippen molar-refractivity contribution < 1.29 is 24.6 Å². The third-order valence-electron chi connectivity index (χ3n) is 8.03. The van der Waals surface area contributed by atoms with E-state index in [4.69, 9.17) is 0 Å². The van der Waals surface area contributed by atoms with Crippen molar-refractivity contribution in [2.75, 3.05) is 0 Å². The number of benzene rings is 4. The molecule has 0 unspecified atom stereocenters. The Hall–Kier alpha value is -4.59. The Morgan fingerprint density at radius 2 is 0.833 bits per heavy atom. The smallest absolute Gasteiger partial charge is 0.334 e. The van der Waals surface area contributed by atoms with Gasteiger partial charge in [0, 0.05) is 0 Å². The van der Waals surface area contributed by atoms with E-state index in [-0.39, 0.29) is 0 Å². The molecule has 4 aromatic carbocycles. The Bertz CT molecular complexity index is 1400. The number of hydrogen-bond acceptors (Lipinski definition) is 5. The summed E-state index contributed by atoms with van der Waals surface area (Å²) >= 11 is 0. The summed E-state index contributed by atoms with van der Waals surface area (Å²) in [6.45, 7) is 3.16. The summed E-state index contributed by atoms with van der Waals surface area (Å²) in [6, 6.07) is 33.4. The number of aliphatic hydroxyl groups excluding tert-OH is 2. The van der Waals surface area contributed by atoms with Crippen LogP contribution < -0.4 is 0 Å². The van der Waals surface area contributed by atoms with Crippen LogP contribution >= 0.6 is 0 Å². The van der Waals surface area contributed by atoms with Crippen molar-refractivity contribution in [3.05, 3.63) is 144 Å². The van der Waals surface area contributed by atoms with Gasteiger partial charge in [0.05, 0.1) is 36.1 Å². The van der Waals surface area contributed by atoms with Crippen LogP contribution in [0.4, 0.5) is 4.79 Å². The minimum absolute atomic E-state index is 0.549. The highest BCUT2D eigenvalue weighted by atomic mass is 16.3. The number of carbonyl (C=O) groups is 3. The van der Waals surface area contributed by atoms with Crippen LogP contribution in [0.1, 0.15) is 60.4 Å². The van der Waals surface area contributed by atoms with Gasteiger partial charge in [-0.1, -0.05) is 135 Å². The third-order valence-corrected chi connectivity index (χ3v) is 8.03. The molecule has 7 nitrogen and oxygen atoms in total. The first-order valence-electron chi connectivity index (χ1n) is 14.1. The number of hydrogen-bond donors (Lipinski definition) is 2. The van der Waals surface area contributed by atoms with Gasteiger partial charge in [-0.25, -0.2) is 4.79 Å². The van der Waals surface area contributed by atoms with Crippen LogP contribution in [0.3, 0.4) is 0 Å². The molecule has 1 heterocycles. The van der Waals surface area contributed by atoms with Crippen LogP contribution in [0.25, 0.3) is 0 Å². The SMILES string of the molecule is C[C@@H](C(=O)N1C(=O)N(C(=O)[C@H](C)[C@@H](O)c2ccccc2)[C@H](c2ccccc2)[C@H]1c1ccccc1)[C@H](O)c1ccccc1. The first kappa shape index (κ1) is 28.9. The number of amides is 4. The van der Waals surface area contributed by atoms with Gasteiger partial charge in [0.2, 0.25) is 11.8 Å². The van der Waals surface area contributed by atoms with Gasteiger partial charge in [-0.05, 0) is 22.3 Å². The van der Waals surface area contributed by atoms with Crippen molar-refractivity contribution >= 4 is 17.8 Å². The molecule has 5 rings (SSSR count). The minimum atomic E-state index is -1.17. The lowest BCUT2D eigenvalue weighted by Gasteiger charge is -2.30.